The van der Waals surface area contributed by atoms with Gasteiger partial charge in [-0.2, -0.15) is 0 Å². The molecule has 0 saturated carbocycles. The molecule has 4 N–H and O–H groups in total. The van der Waals surface area contributed by atoms with Crippen LogP contribution in [0.5, 0.6) is 0 Å². The number of rotatable bonds is 4. The molecule has 1 aromatic carbocycles. The minimum atomic E-state index is -0.560. The smallest absolute Gasteiger partial charge is 0.251 e. The van der Waals surface area contributed by atoms with Crippen molar-refractivity contribution in [3.63, 3.8) is 0 Å². The van der Waals surface area contributed by atoms with E-state index in [9.17, 15) is 9.18 Å². The molecule has 1 heterocycles. The van der Waals surface area contributed by atoms with Crippen LogP contribution in [0.3, 0.4) is 0 Å². The lowest BCUT2D eigenvalue weighted by Gasteiger charge is -2.07. The summed E-state index contributed by atoms with van der Waals surface area (Å²) in [6.07, 6.45) is 0. The number of aryl methyl sites for hydroxylation is 1. The van der Waals surface area contributed by atoms with Gasteiger partial charge in [-0.1, -0.05) is 29.1 Å². The van der Waals surface area contributed by atoms with Crippen LogP contribution in [-0.2, 0) is 5.75 Å². The van der Waals surface area contributed by atoms with E-state index in [1.165, 1.54) is 23.9 Å². The number of oxime groups is 1. The average Bonchev–Trinajstić information content (AvgIpc) is 2.44. The van der Waals surface area contributed by atoms with Gasteiger partial charge < -0.3 is 15.9 Å². The van der Waals surface area contributed by atoms with E-state index >= 15 is 0 Å². The summed E-state index contributed by atoms with van der Waals surface area (Å²) in [5.74, 6) is -0.596. The van der Waals surface area contributed by atoms with E-state index in [2.05, 4.69) is 15.1 Å². The number of aromatic amines is 1. The third-order valence-corrected chi connectivity index (χ3v) is 3.60. The SMILES string of the molecule is Cc1cc(=O)[nH]c(SCc2cccc(/C(N)=N/O)c2F)n1. The topological polar surface area (TPSA) is 104 Å². The number of benzene rings is 1. The summed E-state index contributed by atoms with van der Waals surface area (Å²) in [6.45, 7) is 1.71. The van der Waals surface area contributed by atoms with Gasteiger partial charge >= 0.3 is 0 Å². The first kappa shape index (κ1) is 15.0. The highest BCUT2D eigenvalue weighted by molar-refractivity contribution is 7.98. The Morgan fingerprint density at radius 1 is 1.57 bits per heavy atom. The maximum atomic E-state index is 14.2. The van der Waals surface area contributed by atoms with Crippen molar-refractivity contribution in [2.45, 2.75) is 17.8 Å². The van der Waals surface area contributed by atoms with E-state index in [0.29, 0.717) is 16.4 Å². The van der Waals surface area contributed by atoms with Crippen LogP contribution >= 0.6 is 11.8 Å². The second-order valence-corrected chi connectivity index (χ2v) is 5.21. The number of thioether (sulfide) groups is 1. The molecule has 0 aliphatic heterocycles. The molecule has 0 spiro atoms. The van der Waals surface area contributed by atoms with E-state index in [1.807, 2.05) is 0 Å². The molecular formula is C13H13FN4O2S. The fourth-order valence-electron chi connectivity index (χ4n) is 1.71. The lowest BCUT2D eigenvalue weighted by Crippen LogP contribution is -2.16. The molecule has 0 atom stereocenters. The zero-order chi connectivity index (χ0) is 15.4. The van der Waals surface area contributed by atoms with Gasteiger partial charge in [-0.15, -0.1) is 0 Å². The number of nitrogens with two attached hydrogens (primary N) is 1. The van der Waals surface area contributed by atoms with Crippen molar-refractivity contribution in [2.75, 3.05) is 0 Å². The molecule has 0 aliphatic carbocycles. The zero-order valence-corrected chi connectivity index (χ0v) is 11.9. The molecule has 0 radical (unpaired) electrons. The van der Waals surface area contributed by atoms with E-state index in [0.717, 1.165) is 0 Å². The van der Waals surface area contributed by atoms with Gasteiger partial charge in [0.05, 0.1) is 5.56 Å². The van der Waals surface area contributed by atoms with Crippen molar-refractivity contribution in [2.24, 2.45) is 10.9 Å². The fraction of sp³-hybridized carbons (Fsp3) is 0.154. The first-order chi connectivity index (χ1) is 10.0. The number of halogens is 1. The summed E-state index contributed by atoms with van der Waals surface area (Å²) >= 11 is 1.19. The van der Waals surface area contributed by atoms with Crippen LogP contribution in [0.15, 0.2) is 39.4 Å². The number of H-pyrrole nitrogens is 1. The molecule has 8 heteroatoms. The van der Waals surface area contributed by atoms with Crippen LogP contribution in [0, 0.1) is 12.7 Å². The number of nitrogens with one attached hydrogen (secondary N) is 1. The number of hydrogen-bond acceptors (Lipinski definition) is 5. The molecule has 0 amide bonds. The molecule has 0 fully saturated rings. The van der Waals surface area contributed by atoms with Crippen molar-refractivity contribution in [1.29, 1.82) is 0 Å². The minimum Gasteiger partial charge on any atom is -0.409 e. The number of aromatic nitrogens is 2. The van der Waals surface area contributed by atoms with Crippen LogP contribution in [0.2, 0.25) is 0 Å². The zero-order valence-electron chi connectivity index (χ0n) is 11.1. The number of hydrogen-bond donors (Lipinski definition) is 3. The van der Waals surface area contributed by atoms with Gasteiger partial charge in [0, 0.05) is 17.5 Å². The Kier molecular flexibility index (Phi) is 4.59. The van der Waals surface area contributed by atoms with Crippen LogP contribution in [0.25, 0.3) is 0 Å². The summed E-state index contributed by atoms with van der Waals surface area (Å²) in [5, 5.41) is 11.8. The Morgan fingerprint density at radius 3 is 3.00 bits per heavy atom. The van der Waals surface area contributed by atoms with Crippen molar-refractivity contribution in [3.8, 4) is 0 Å². The minimum absolute atomic E-state index is 0.0290. The highest BCUT2D eigenvalue weighted by Gasteiger charge is 2.12. The van der Waals surface area contributed by atoms with Gasteiger partial charge in [0.2, 0.25) is 0 Å². The largest absolute Gasteiger partial charge is 0.409 e. The Morgan fingerprint density at radius 2 is 2.33 bits per heavy atom. The molecule has 2 rings (SSSR count). The highest BCUT2D eigenvalue weighted by atomic mass is 32.2. The van der Waals surface area contributed by atoms with Gasteiger partial charge in [-0.25, -0.2) is 9.37 Å². The highest BCUT2D eigenvalue weighted by Crippen LogP contribution is 2.22. The van der Waals surface area contributed by atoms with Crippen molar-refractivity contribution >= 4 is 17.6 Å². The molecule has 21 heavy (non-hydrogen) atoms. The maximum absolute atomic E-state index is 14.2. The van der Waals surface area contributed by atoms with Gasteiger partial charge in [-0.05, 0) is 18.6 Å². The molecule has 110 valence electrons. The Balaban J connectivity index is 2.22. The van der Waals surface area contributed by atoms with Gasteiger partial charge in [0.1, 0.15) is 5.82 Å². The van der Waals surface area contributed by atoms with Crippen molar-refractivity contribution in [3.05, 3.63) is 57.3 Å². The van der Waals surface area contributed by atoms with Crippen LogP contribution in [0.4, 0.5) is 4.39 Å². The van der Waals surface area contributed by atoms with Crippen molar-refractivity contribution in [1.82, 2.24) is 9.97 Å². The van der Waals surface area contributed by atoms with E-state index < -0.39 is 5.82 Å². The molecular weight excluding hydrogens is 295 g/mol. The molecule has 2 aromatic rings. The summed E-state index contributed by atoms with van der Waals surface area (Å²) in [4.78, 5) is 18.0. The first-order valence-electron chi connectivity index (χ1n) is 5.97. The standard InChI is InChI=1S/C13H13FN4O2S/c1-7-5-10(19)17-13(16-7)21-6-8-3-2-4-9(11(8)14)12(15)18-20/h2-5,20H,6H2,1H3,(H2,15,18)(H,16,17,19). The van der Waals surface area contributed by atoms with Crippen LogP contribution < -0.4 is 11.3 Å². The van der Waals surface area contributed by atoms with Crippen LogP contribution in [0.1, 0.15) is 16.8 Å². The Labute approximate surface area is 123 Å². The first-order valence-corrected chi connectivity index (χ1v) is 6.96. The number of nitrogens with zero attached hydrogens (tertiary/aromatic N) is 2. The predicted octanol–water partition coefficient (Wildman–Crippen LogP) is 1.60. The quantitative estimate of drug-likeness (QED) is 0.199. The lowest BCUT2D eigenvalue weighted by molar-refractivity contribution is 0.318. The molecule has 0 unspecified atom stereocenters. The third-order valence-electron chi connectivity index (χ3n) is 2.67. The second kappa shape index (κ2) is 6.40. The second-order valence-electron chi connectivity index (χ2n) is 4.24. The van der Waals surface area contributed by atoms with Gasteiger partial charge in [-0.3, -0.25) is 4.79 Å². The van der Waals surface area contributed by atoms with E-state index in [4.69, 9.17) is 10.9 Å². The van der Waals surface area contributed by atoms with Gasteiger partial charge in [0.25, 0.3) is 5.56 Å². The predicted molar refractivity (Wildman–Crippen MR) is 78.1 cm³/mol. The molecule has 0 bridgehead atoms. The normalized spacial score (nSPS) is 11.6. The average molecular weight is 308 g/mol. The fourth-order valence-corrected chi connectivity index (χ4v) is 2.61. The summed E-state index contributed by atoms with van der Waals surface area (Å²) in [6, 6.07) is 6.00. The number of amidine groups is 1. The monoisotopic (exact) mass is 308 g/mol. The maximum Gasteiger partial charge on any atom is 0.251 e. The Hall–Kier alpha value is -2.35. The molecule has 0 aliphatic rings. The van der Waals surface area contributed by atoms with Crippen LogP contribution in [-0.4, -0.2) is 21.0 Å². The molecule has 0 saturated heterocycles. The third kappa shape index (κ3) is 3.60. The van der Waals surface area contributed by atoms with Gasteiger partial charge in [0.15, 0.2) is 11.0 Å². The van der Waals surface area contributed by atoms with E-state index in [1.54, 1.807) is 19.1 Å². The molecule has 6 nitrogen and oxygen atoms in total. The summed E-state index contributed by atoms with van der Waals surface area (Å²) < 4.78 is 14.2. The molecule has 1 aromatic heterocycles. The summed E-state index contributed by atoms with van der Waals surface area (Å²) in [5.41, 5.74) is 6.14. The van der Waals surface area contributed by atoms with E-state index in [-0.39, 0.29) is 22.7 Å². The summed E-state index contributed by atoms with van der Waals surface area (Å²) in [7, 11) is 0. The Bertz CT molecular complexity index is 745. The lowest BCUT2D eigenvalue weighted by atomic mass is 10.1. The van der Waals surface area contributed by atoms with Crippen molar-refractivity contribution < 1.29 is 9.60 Å².